The van der Waals surface area contributed by atoms with Crippen molar-refractivity contribution in [2.45, 2.75) is 32.2 Å². The lowest BCUT2D eigenvalue weighted by Crippen LogP contribution is -2.25. The van der Waals surface area contributed by atoms with E-state index in [1.54, 1.807) is 36.4 Å². The summed E-state index contributed by atoms with van der Waals surface area (Å²) in [6, 6.07) is 45.1. The van der Waals surface area contributed by atoms with E-state index >= 15 is 0 Å². The van der Waals surface area contributed by atoms with Gasteiger partial charge < -0.3 is 14.2 Å². The van der Waals surface area contributed by atoms with E-state index in [0.717, 1.165) is 33.4 Å². The molecule has 0 spiro atoms. The highest BCUT2D eigenvalue weighted by Crippen LogP contribution is 2.40. The van der Waals surface area contributed by atoms with E-state index in [9.17, 15) is 14.4 Å². The molecule has 0 aliphatic rings. The number of halogens is 3. The smallest absolute Gasteiger partial charge is 0.252 e. The minimum atomic E-state index is -0.576. The highest BCUT2D eigenvalue weighted by atomic mass is 35.5. The molecule has 0 N–H and O–H groups in total. The first kappa shape index (κ1) is 37.4. The minimum absolute atomic E-state index is 0.334. The van der Waals surface area contributed by atoms with Crippen LogP contribution in [0.15, 0.2) is 146 Å². The molecule has 0 aliphatic carbocycles. The molecule has 0 atom stereocenters. The second kappa shape index (κ2) is 17.0. The summed E-state index contributed by atoms with van der Waals surface area (Å²) in [4.78, 5) is 34.2. The molecule has 0 bridgehead atoms. The third kappa shape index (κ3) is 9.34. The van der Waals surface area contributed by atoms with Crippen LogP contribution in [0, 0.1) is 0 Å². The summed E-state index contributed by atoms with van der Waals surface area (Å²) >= 11 is 16.7. The number of rotatable bonds is 15. The Kier molecular flexibility index (Phi) is 12.0. The number of carbonyl (C=O) groups excluding carboxylic acids is 3. The summed E-state index contributed by atoms with van der Waals surface area (Å²) in [6.45, 7) is 3.18. The van der Waals surface area contributed by atoms with Gasteiger partial charge in [0.2, 0.25) is 0 Å². The Morgan fingerprint density at radius 2 is 0.623 bits per heavy atom. The molecule has 6 rings (SSSR count). The topological polar surface area (TPSA) is 78.9 Å². The zero-order valence-electron chi connectivity index (χ0n) is 28.6. The van der Waals surface area contributed by atoms with Crippen molar-refractivity contribution in [3.05, 3.63) is 196 Å². The Labute approximate surface area is 322 Å². The standard InChI is InChI=1S/C44H33Cl3O6/c1-44(35-14-20-38(21-15-35)51-26-29-2-8-32(9-3-29)41(45)48,36-16-22-39(23-17-36)52-27-30-4-10-33(11-5-30)42(46)49)37-18-24-40(25-19-37)53-28-31-6-12-34(13-7-31)43(47)50/h2-25H,26-28H2,1H3. The molecule has 6 aromatic rings. The fraction of sp³-hybridized carbons (Fsp3) is 0.114. The largest absolute Gasteiger partial charge is 0.489 e. The summed E-state index contributed by atoms with van der Waals surface area (Å²) in [7, 11) is 0. The van der Waals surface area contributed by atoms with Gasteiger partial charge in [0, 0.05) is 22.1 Å². The van der Waals surface area contributed by atoms with Gasteiger partial charge in [-0.25, -0.2) is 0 Å². The molecule has 0 amide bonds. The zero-order chi connectivity index (χ0) is 37.4. The van der Waals surface area contributed by atoms with Crippen molar-refractivity contribution in [1.29, 1.82) is 0 Å². The molecule has 0 fully saturated rings. The van der Waals surface area contributed by atoms with Crippen LogP contribution in [0.4, 0.5) is 0 Å². The Morgan fingerprint density at radius 1 is 0.396 bits per heavy atom. The third-order valence-electron chi connectivity index (χ3n) is 9.05. The van der Waals surface area contributed by atoms with Gasteiger partial charge in [-0.15, -0.1) is 0 Å². The van der Waals surface area contributed by atoms with Gasteiger partial charge in [0.15, 0.2) is 0 Å². The van der Waals surface area contributed by atoms with E-state index in [1.165, 1.54) is 0 Å². The van der Waals surface area contributed by atoms with E-state index in [4.69, 9.17) is 49.0 Å². The van der Waals surface area contributed by atoms with Crippen LogP contribution >= 0.6 is 34.8 Å². The lowest BCUT2D eigenvalue weighted by atomic mass is 9.71. The van der Waals surface area contributed by atoms with Crippen LogP contribution < -0.4 is 14.2 Å². The van der Waals surface area contributed by atoms with Crippen LogP contribution in [0.1, 0.15) is 71.4 Å². The molecule has 0 saturated carbocycles. The fourth-order valence-corrected chi connectivity index (χ4v) is 6.23. The molecule has 0 heterocycles. The van der Waals surface area contributed by atoms with Gasteiger partial charge >= 0.3 is 0 Å². The summed E-state index contributed by atoms with van der Waals surface area (Å²) < 4.78 is 18.2. The molecule has 9 heteroatoms. The van der Waals surface area contributed by atoms with Crippen LogP contribution in [0.3, 0.4) is 0 Å². The molecule has 6 aromatic carbocycles. The molecular formula is C44H33Cl3O6. The molecule has 0 radical (unpaired) electrons. The molecule has 0 saturated heterocycles. The number of benzene rings is 6. The van der Waals surface area contributed by atoms with Crippen molar-refractivity contribution < 1.29 is 28.6 Å². The van der Waals surface area contributed by atoms with Crippen molar-refractivity contribution in [2.75, 3.05) is 0 Å². The van der Waals surface area contributed by atoms with E-state index in [-0.39, 0.29) is 0 Å². The first-order valence-electron chi connectivity index (χ1n) is 16.6. The second-order valence-electron chi connectivity index (χ2n) is 12.5. The van der Waals surface area contributed by atoms with E-state index < -0.39 is 21.1 Å². The van der Waals surface area contributed by atoms with Gasteiger partial charge in [0.1, 0.15) is 37.1 Å². The lowest BCUT2D eigenvalue weighted by molar-refractivity contribution is 0.107. The lowest BCUT2D eigenvalue weighted by Gasteiger charge is -2.32. The van der Waals surface area contributed by atoms with Crippen LogP contribution in [0.2, 0.25) is 0 Å². The van der Waals surface area contributed by atoms with Gasteiger partial charge in [-0.2, -0.15) is 0 Å². The van der Waals surface area contributed by atoms with Crippen molar-refractivity contribution in [3.63, 3.8) is 0 Å². The van der Waals surface area contributed by atoms with Crippen molar-refractivity contribution in [2.24, 2.45) is 0 Å². The fourth-order valence-electron chi connectivity index (χ4n) is 5.85. The first-order valence-corrected chi connectivity index (χ1v) is 17.8. The quantitative estimate of drug-likeness (QED) is 0.0765. The maximum absolute atomic E-state index is 11.4. The van der Waals surface area contributed by atoms with Crippen LogP contribution in [-0.4, -0.2) is 15.7 Å². The molecule has 266 valence electrons. The van der Waals surface area contributed by atoms with Crippen LogP contribution in [0.25, 0.3) is 0 Å². The average Bonchev–Trinajstić information content (AvgIpc) is 3.19. The summed E-state index contributed by atoms with van der Waals surface area (Å²) in [6.07, 6.45) is 0. The number of hydrogen-bond acceptors (Lipinski definition) is 6. The van der Waals surface area contributed by atoms with Crippen molar-refractivity contribution in [3.8, 4) is 17.2 Å². The summed E-state index contributed by atoms with van der Waals surface area (Å²) in [5.41, 5.74) is 6.59. The molecule has 6 nitrogen and oxygen atoms in total. The maximum atomic E-state index is 11.4. The van der Waals surface area contributed by atoms with Crippen molar-refractivity contribution >= 4 is 50.5 Å². The van der Waals surface area contributed by atoms with Crippen LogP contribution in [0.5, 0.6) is 17.2 Å². The Bertz CT molecular complexity index is 1930. The van der Waals surface area contributed by atoms with Gasteiger partial charge in [-0.3, -0.25) is 14.4 Å². The Hall–Kier alpha value is -5.40. The normalized spacial score (nSPS) is 11.1. The Morgan fingerprint density at radius 3 is 0.830 bits per heavy atom. The summed E-state index contributed by atoms with van der Waals surface area (Å²) in [5.74, 6) is 2.11. The first-order chi connectivity index (χ1) is 25.6. The number of ether oxygens (including phenoxy) is 3. The van der Waals surface area contributed by atoms with Crippen molar-refractivity contribution in [1.82, 2.24) is 0 Å². The molecular weight excluding hydrogens is 731 g/mol. The predicted octanol–water partition coefficient (Wildman–Crippen LogP) is 10.9. The SMILES string of the molecule is CC(c1ccc(OCc2ccc(C(=O)Cl)cc2)cc1)(c1ccc(OCc2ccc(C(=O)Cl)cc2)cc1)c1ccc(OCc2ccc(C(=O)Cl)cc2)cc1. The number of carbonyl (C=O) groups is 3. The van der Waals surface area contributed by atoms with E-state index in [1.807, 2.05) is 72.8 Å². The Balaban J connectivity index is 1.21. The molecule has 0 aromatic heterocycles. The molecule has 0 unspecified atom stereocenters. The van der Waals surface area contributed by atoms with Gasteiger partial charge in [-0.1, -0.05) is 72.8 Å². The maximum Gasteiger partial charge on any atom is 0.252 e. The third-order valence-corrected chi connectivity index (χ3v) is 9.71. The van der Waals surface area contributed by atoms with Gasteiger partial charge in [0.05, 0.1) is 0 Å². The minimum Gasteiger partial charge on any atom is -0.489 e. The number of hydrogen-bond donors (Lipinski definition) is 0. The summed E-state index contributed by atoms with van der Waals surface area (Å²) in [5, 5.41) is -1.49. The average molecular weight is 764 g/mol. The second-order valence-corrected chi connectivity index (χ2v) is 13.5. The highest BCUT2D eigenvalue weighted by molar-refractivity contribution is 6.68. The molecule has 53 heavy (non-hydrogen) atoms. The highest BCUT2D eigenvalue weighted by Gasteiger charge is 2.31. The monoisotopic (exact) mass is 762 g/mol. The molecule has 0 aliphatic heterocycles. The van der Waals surface area contributed by atoms with E-state index in [0.29, 0.717) is 53.8 Å². The van der Waals surface area contributed by atoms with Gasteiger partial charge in [0.25, 0.3) is 15.7 Å². The van der Waals surface area contributed by atoms with Gasteiger partial charge in [-0.05, 0) is 148 Å². The van der Waals surface area contributed by atoms with E-state index in [2.05, 4.69) is 43.3 Å². The van der Waals surface area contributed by atoms with Crippen LogP contribution in [-0.2, 0) is 25.2 Å². The predicted molar refractivity (Wildman–Crippen MR) is 208 cm³/mol. The zero-order valence-corrected chi connectivity index (χ0v) is 30.8.